The van der Waals surface area contributed by atoms with Crippen molar-refractivity contribution in [1.29, 1.82) is 0 Å². The molecule has 4 nitrogen and oxygen atoms in total. The molecular formula is C21H23NO3. The number of ether oxygens (including phenoxy) is 1. The maximum atomic E-state index is 12.9. The largest absolute Gasteiger partial charge is 0.481 e. The summed E-state index contributed by atoms with van der Waals surface area (Å²) < 4.78 is 5.82. The molecule has 2 atom stereocenters. The van der Waals surface area contributed by atoms with Crippen LogP contribution in [0.3, 0.4) is 0 Å². The number of carbonyl (C=O) groups is 2. The molecule has 1 aliphatic heterocycles. The number of hydrogen-bond donors (Lipinski definition) is 0. The van der Waals surface area contributed by atoms with Crippen molar-refractivity contribution in [2.45, 2.75) is 45.8 Å². The minimum atomic E-state index is -0.596. The molecule has 0 spiro atoms. The molecule has 0 fully saturated rings. The van der Waals surface area contributed by atoms with Gasteiger partial charge in [0.1, 0.15) is 5.75 Å². The van der Waals surface area contributed by atoms with Gasteiger partial charge in [-0.25, -0.2) is 0 Å². The molecular weight excluding hydrogens is 314 g/mol. The number of nitrogens with zero attached hydrogens (tertiary/aromatic N) is 1. The number of anilines is 1. The molecule has 0 aliphatic carbocycles. The van der Waals surface area contributed by atoms with Gasteiger partial charge in [-0.3, -0.25) is 9.59 Å². The van der Waals surface area contributed by atoms with Crippen molar-refractivity contribution in [2.24, 2.45) is 0 Å². The highest BCUT2D eigenvalue weighted by molar-refractivity contribution is 5.99. The Morgan fingerprint density at radius 3 is 2.52 bits per heavy atom. The van der Waals surface area contributed by atoms with E-state index in [-0.39, 0.29) is 17.7 Å². The van der Waals surface area contributed by atoms with Crippen LogP contribution in [0.4, 0.5) is 5.69 Å². The smallest absolute Gasteiger partial charge is 0.268 e. The summed E-state index contributed by atoms with van der Waals surface area (Å²) in [4.78, 5) is 26.4. The van der Waals surface area contributed by atoms with Gasteiger partial charge in [-0.05, 0) is 56.2 Å². The second-order valence-electron chi connectivity index (χ2n) is 6.45. The van der Waals surface area contributed by atoms with Gasteiger partial charge in [0.25, 0.3) is 5.91 Å². The van der Waals surface area contributed by atoms with Gasteiger partial charge in [0.05, 0.1) is 0 Å². The zero-order chi connectivity index (χ0) is 18.0. The number of para-hydroxylation sites is 1. The van der Waals surface area contributed by atoms with Crippen molar-refractivity contribution < 1.29 is 14.3 Å². The molecule has 0 bridgehead atoms. The summed E-state index contributed by atoms with van der Waals surface area (Å²) in [6.45, 7) is 5.65. The second-order valence-corrected chi connectivity index (χ2v) is 6.45. The van der Waals surface area contributed by atoms with Gasteiger partial charge in [-0.15, -0.1) is 0 Å². The molecule has 2 aromatic rings. The van der Waals surface area contributed by atoms with Crippen LogP contribution >= 0.6 is 0 Å². The summed E-state index contributed by atoms with van der Waals surface area (Å²) in [5.74, 6) is 0.637. The lowest BCUT2D eigenvalue weighted by Crippen LogP contribution is -2.43. The summed E-state index contributed by atoms with van der Waals surface area (Å²) in [6, 6.07) is 15.1. The molecule has 1 amide bonds. The average Bonchev–Trinajstić information content (AvgIpc) is 2.96. The van der Waals surface area contributed by atoms with E-state index in [0.717, 1.165) is 12.1 Å². The highest BCUT2D eigenvalue weighted by Crippen LogP contribution is 2.32. The van der Waals surface area contributed by atoms with Crippen LogP contribution in [0.25, 0.3) is 0 Å². The van der Waals surface area contributed by atoms with E-state index in [1.165, 1.54) is 5.56 Å². The van der Waals surface area contributed by atoms with E-state index in [1.807, 2.05) is 30.0 Å². The molecule has 3 rings (SSSR count). The fraction of sp³-hybridized carbons (Fsp3) is 0.333. The number of Topliss-reactive ketones (excluding diaryl/α,β-unsaturated/α-hetero) is 1. The molecule has 0 N–H and O–H groups in total. The molecule has 0 radical (unpaired) electrons. The number of rotatable bonds is 5. The fourth-order valence-electron chi connectivity index (χ4n) is 3.28. The second kappa shape index (κ2) is 7.09. The molecule has 2 aromatic carbocycles. The van der Waals surface area contributed by atoms with Crippen LogP contribution < -0.4 is 9.64 Å². The summed E-state index contributed by atoms with van der Waals surface area (Å²) in [5.41, 5.74) is 2.83. The van der Waals surface area contributed by atoms with E-state index in [4.69, 9.17) is 4.74 Å². The van der Waals surface area contributed by atoms with E-state index in [2.05, 4.69) is 13.0 Å². The third-order valence-electron chi connectivity index (χ3n) is 4.60. The van der Waals surface area contributed by atoms with Gasteiger partial charge in [-0.2, -0.15) is 0 Å². The SMILES string of the molecule is CCC(=O)c1ccc(O[C@@H](C)C(=O)N2c3ccccc3C[C@@H]2C)cc1. The molecule has 25 heavy (non-hydrogen) atoms. The van der Waals surface area contributed by atoms with Crippen LogP contribution in [0.1, 0.15) is 43.1 Å². The topological polar surface area (TPSA) is 46.6 Å². The first-order valence-electron chi connectivity index (χ1n) is 8.72. The number of carbonyl (C=O) groups excluding carboxylic acids is 2. The zero-order valence-corrected chi connectivity index (χ0v) is 14.9. The van der Waals surface area contributed by atoms with Gasteiger partial charge < -0.3 is 9.64 Å². The normalized spacial score (nSPS) is 17.1. The monoisotopic (exact) mass is 337 g/mol. The Morgan fingerprint density at radius 1 is 1.16 bits per heavy atom. The van der Waals surface area contributed by atoms with Crippen molar-refractivity contribution in [3.63, 3.8) is 0 Å². The minimum Gasteiger partial charge on any atom is -0.481 e. The molecule has 1 heterocycles. The highest BCUT2D eigenvalue weighted by atomic mass is 16.5. The van der Waals surface area contributed by atoms with Gasteiger partial charge in [0.15, 0.2) is 11.9 Å². The predicted octanol–water partition coefficient (Wildman–Crippen LogP) is 4.02. The number of benzene rings is 2. The van der Waals surface area contributed by atoms with E-state index in [0.29, 0.717) is 17.7 Å². The molecule has 0 aromatic heterocycles. The first-order valence-corrected chi connectivity index (χ1v) is 8.72. The van der Waals surface area contributed by atoms with Crippen LogP contribution in [0.2, 0.25) is 0 Å². The Kier molecular flexibility index (Phi) is 4.88. The lowest BCUT2D eigenvalue weighted by atomic mass is 10.1. The summed E-state index contributed by atoms with van der Waals surface area (Å²) >= 11 is 0. The number of ketones is 1. The van der Waals surface area contributed by atoms with Gasteiger partial charge in [0.2, 0.25) is 0 Å². The zero-order valence-electron chi connectivity index (χ0n) is 14.9. The lowest BCUT2D eigenvalue weighted by molar-refractivity contribution is -0.124. The average molecular weight is 337 g/mol. The van der Waals surface area contributed by atoms with Crippen molar-refractivity contribution in [3.8, 4) is 5.75 Å². The van der Waals surface area contributed by atoms with Crippen LogP contribution in [-0.2, 0) is 11.2 Å². The van der Waals surface area contributed by atoms with E-state index in [1.54, 1.807) is 31.2 Å². The number of hydrogen-bond acceptors (Lipinski definition) is 3. The van der Waals surface area contributed by atoms with Crippen molar-refractivity contribution >= 4 is 17.4 Å². The first kappa shape index (κ1) is 17.2. The maximum absolute atomic E-state index is 12.9. The predicted molar refractivity (Wildman–Crippen MR) is 98.2 cm³/mol. The maximum Gasteiger partial charge on any atom is 0.268 e. The Labute approximate surface area is 148 Å². The molecule has 0 saturated carbocycles. The third kappa shape index (κ3) is 3.43. The van der Waals surface area contributed by atoms with E-state index >= 15 is 0 Å². The lowest BCUT2D eigenvalue weighted by Gasteiger charge is -2.26. The number of amides is 1. The fourth-order valence-corrected chi connectivity index (χ4v) is 3.28. The molecule has 4 heteroatoms. The molecule has 0 unspecified atom stereocenters. The highest BCUT2D eigenvalue weighted by Gasteiger charge is 2.33. The van der Waals surface area contributed by atoms with E-state index < -0.39 is 6.10 Å². The summed E-state index contributed by atoms with van der Waals surface area (Å²) in [7, 11) is 0. The van der Waals surface area contributed by atoms with Gasteiger partial charge in [0, 0.05) is 23.7 Å². The summed E-state index contributed by atoms with van der Waals surface area (Å²) in [6.07, 6.45) is 0.741. The minimum absolute atomic E-state index is 0.0499. The van der Waals surface area contributed by atoms with Crippen LogP contribution in [0.5, 0.6) is 5.75 Å². The summed E-state index contributed by atoms with van der Waals surface area (Å²) in [5, 5.41) is 0. The van der Waals surface area contributed by atoms with Crippen molar-refractivity contribution in [3.05, 3.63) is 59.7 Å². The van der Waals surface area contributed by atoms with Gasteiger partial charge in [-0.1, -0.05) is 25.1 Å². The van der Waals surface area contributed by atoms with Gasteiger partial charge >= 0.3 is 0 Å². The van der Waals surface area contributed by atoms with E-state index in [9.17, 15) is 9.59 Å². The Bertz CT molecular complexity index is 782. The third-order valence-corrected chi connectivity index (χ3v) is 4.60. The molecule has 0 saturated heterocycles. The molecule has 130 valence electrons. The quantitative estimate of drug-likeness (QED) is 0.774. The van der Waals surface area contributed by atoms with Crippen LogP contribution in [-0.4, -0.2) is 23.8 Å². The first-order chi connectivity index (χ1) is 12.0. The van der Waals surface area contributed by atoms with Crippen LogP contribution in [0, 0.1) is 0 Å². The van der Waals surface area contributed by atoms with Crippen LogP contribution in [0.15, 0.2) is 48.5 Å². The Morgan fingerprint density at radius 2 is 1.84 bits per heavy atom. The molecule has 1 aliphatic rings. The Balaban J connectivity index is 1.72. The van der Waals surface area contributed by atoms with Crippen molar-refractivity contribution in [1.82, 2.24) is 0 Å². The number of fused-ring (bicyclic) bond motifs is 1. The van der Waals surface area contributed by atoms with Crippen molar-refractivity contribution in [2.75, 3.05) is 4.90 Å². The standard InChI is InChI=1S/C21H23NO3/c1-4-20(23)16-9-11-18(12-10-16)25-15(3)21(24)22-14(2)13-17-7-5-6-8-19(17)22/h5-12,14-15H,4,13H2,1-3H3/t14-,15-/m0/s1. The Hall–Kier alpha value is -2.62.